The number of hydroxylamine groups is 1. The molecule has 0 fully saturated rings. The van der Waals surface area contributed by atoms with Crippen LogP contribution in [0.2, 0.25) is 0 Å². The van der Waals surface area contributed by atoms with Crippen LogP contribution in [0.5, 0.6) is 0 Å². The minimum absolute atomic E-state index is 0.190. The van der Waals surface area contributed by atoms with Gasteiger partial charge in [-0.25, -0.2) is 5.48 Å². The summed E-state index contributed by atoms with van der Waals surface area (Å²) in [7, 11) is 0. The fraction of sp³-hybridized carbons (Fsp3) is 0.333. The molecule has 0 aromatic heterocycles. The van der Waals surface area contributed by atoms with Crippen LogP contribution in [0.25, 0.3) is 0 Å². The molecule has 0 aliphatic carbocycles. The maximum Gasteiger partial charge on any atom is 0.262 e. The van der Waals surface area contributed by atoms with Gasteiger partial charge in [0.15, 0.2) is 0 Å². The van der Waals surface area contributed by atoms with E-state index in [1.54, 1.807) is 0 Å². The fourth-order valence-corrected chi connectivity index (χ4v) is 1.40. The number of nitrogens with one attached hydrogen (secondary N) is 2. The van der Waals surface area contributed by atoms with E-state index in [-0.39, 0.29) is 12.5 Å². The molecule has 1 aromatic carbocycles. The van der Waals surface area contributed by atoms with Gasteiger partial charge in [0, 0.05) is 6.42 Å². The van der Waals surface area contributed by atoms with Gasteiger partial charge >= 0.3 is 0 Å². The molecule has 2 amide bonds. The zero-order valence-corrected chi connectivity index (χ0v) is 9.48. The Balaban J connectivity index is 2.14. The Morgan fingerprint density at radius 3 is 2.47 bits per heavy atom. The summed E-state index contributed by atoms with van der Waals surface area (Å²) in [5, 5.41) is 10.6. The first-order chi connectivity index (χ1) is 8.22. The number of hydrogen-bond acceptors (Lipinski definition) is 3. The van der Waals surface area contributed by atoms with Gasteiger partial charge < -0.3 is 5.32 Å². The van der Waals surface area contributed by atoms with Crippen LogP contribution in [0.15, 0.2) is 30.3 Å². The van der Waals surface area contributed by atoms with Crippen LogP contribution in [0.4, 0.5) is 0 Å². The molecule has 1 rings (SSSR count). The minimum Gasteiger partial charge on any atom is -0.347 e. The number of rotatable bonds is 6. The van der Waals surface area contributed by atoms with Crippen LogP contribution in [-0.2, 0) is 16.0 Å². The molecule has 0 unspecified atom stereocenters. The van der Waals surface area contributed by atoms with E-state index < -0.39 is 5.91 Å². The molecule has 0 saturated carbocycles. The third-order valence-electron chi connectivity index (χ3n) is 2.28. The smallest absolute Gasteiger partial charge is 0.262 e. The van der Waals surface area contributed by atoms with Gasteiger partial charge in [-0.2, -0.15) is 0 Å². The highest BCUT2D eigenvalue weighted by atomic mass is 16.5. The second kappa shape index (κ2) is 7.40. The van der Waals surface area contributed by atoms with E-state index in [2.05, 4.69) is 5.32 Å². The zero-order valence-electron chi connectivity index (χ0n) is 9.48. The summed E-state index contributed by atoms with van der Waals surface area (Å²) < 4.78 is 0. The van der Waals surface area contributed by atoms with Crippen molar-refractivity contribution in [2.75, 3.05) is 6.54 Å². The zero-order chi connectivity index (χ0) is 12.5. The molecule has 0 spiro atoms. The molecule has 0 atom stereocenters. The topological polar surface area (TPSA) is 78.4 Å². The van der Waals surface area contributed by atoms with E-state index in [0.29, 0.717) is 6.42 Å². The highest BCUT2D eigenvalue weighted by Gasteiger charge is 2.04. The maximum absolute atomic E-state index is 11.3. The van der Waals surface area contributed by atoms with Crippen LogP contribution in [0, 0.1) is 0 Å². The van der Waals surface area contributed by atoms with Crippen molar-refractivity contribution in [1.82, 2.24) is 10.8 Å². The van der Waals surface area contributed by atoms with Gasteiger partial charge in [0.25, 0.3) is 5.91 Å². The lowest BCUT2D eigenvalue weighted by Crippen LogP contribution is -2.35. The van der Waals surface area contributed by atoms with E-state index >= 15 is 0 Å². The van der Waals surface area contributed by atoms with Gasteiger partial charge in [-0.3, -0.25) is 14.8 Å². The summed E-state index contributed by atoms with van der Waals surface area (Å²) in [5.41, 5.74) is 2.64. The van der Waals surface area contributed by atoms with Crippen molar-refractivity contribution >= 4 is 11.8 Å². The number of hydrogen-bond donors (Lipinski definition) is 3. The fourth-order valence-electron chi connectivity index (χ4n) is 1.40. The number of aryl methyl sites for hydroxylation is 1. The number of carbonyl (C=O) groups is 2. The van der Waals surface area contributed by atoms with Crippen molar-refractivity contribution in [3.05, 3.63) is 35.9 Å². The van der Waals surface area contributed by atoms with Gasteiger partial charge in [-0.15, -0.1) is 0 Å². The first-order valence-electron chi connectivity index (χ1n) is 5.46. The molecule has 0 saturated heterocycles. The van der Waals surface area contributed by atoms with Crippen LogP contribution in [0.1, 0.15) is 18.4 Å². The molecule has 0 aliphatic rings. The third-order valence-corrected chi connectivity index (χ3v) is 2.28. The summed E-state index contributed by atoms with van der Waals surface area (Å²) in [6.07, 6.45) is 1.94. The van der Waals surface area contributed by atoms with Crippen LogP contribution in [0.3, 0.4) is 0 Å². The Labute approximate surface area is 99.8 Å². The summed E-state index contributed by atoms with van der Waals surface area (Å²) >= 11 is 0. The first kappa shape index (κ1) is 13.2. The summed E-state index contributed by atoms with van der Waals surface area (Å²) in [6, 6.07) is 9.89. The lowest BCUT2D eigenvalue weighted by Gasteiger charge is -2.03. The average Bonchev–Trinajstić information content (AvgIpc) is 2.37. The summed E-state index contributed by atoms with van der Waals surface area (Å²) in [6.45, 7) is -0.194. The van der Waals surface area contributed by atoms with E-state index in [4.69, 9.17) is 5.21 Å². The maximum atomic E-state index is 11.3. The quantitative estimate of drug-likeness (QED) is 0.500. The van der Waals surface area contributed by atoms with Gasteiger partial charge in [0.1, 0.15) is 0 Å². The molecule has 0 aliphatic heterocycles. The molecule has 5 heteroatoms. The molecule has 0 heterocycles. The first-order valence-corrected chi connectivity index (χ1v) is 5.46. The Morgan fingerprint density at radius 2 is 1.82 bits per heavy atom. The second-order valence-electron chi connectivity index (χ2n) is 3.65. The lowest BCUT2D eigenvalue weighted by molar-refractivity contribution is -0.131. The molecular formula is C12H16N2O3. The number of carbonyl (C=O) groups excluding carboxylic acids is 2. The predicted octanol–water partition coefficient (Wildman–Crippen LogP) is 0.631. The van der Waals surface area contributed by atoms with Crippen molar-refractivity contribution in [2.45, 2.75) is 19.3 Å². The van der Waals surface area contributed by atoms with Crippen molar-refractivity contribution in [1.29, 1.82) is 0 Å². The average molecular weight is 236 g/mol. The number of benzene rings is 1. The number of amides is 2. The van der Waals surface area contributed by atoms with Crippen molar-refractivity contribution in [3.8, 4) is 0 Å². The van der Waals surface area contributed by atoms with E-state index in [1.165, 1.54) is 11.0 Å². The monoisotopic (exact) mass is 236 g/mol. The van der Waals surface area contributed by atoms with E-state index in [0.717, 1.165) is 12.8 Å². The standard InChI is InChI=1S/C12H16N2O3/c15-11(13-9-12(16)14-17)8-4-7-10-5-2-1-3-6-10/h1-3,5-6,17H,4,7-9H2,(H,13,15)(H,14,16). The van der Waals surface area contributed by atoms with Crippen molar-refractivity contribution < 1.29 is 14.8 Å². The molecule has 1 aromatic rings. The van der Waals surface area contributed by atoms with E-state index in [9.17, 15) is 9.59 Å². The SMILES string of the molecule is O=C(CNC(=O)CCCc1ccccc1)NO. The van der Waals surface area contributed by atoms with Crippen LogP contribution >= 0.6 is 0 Å². The van der Waals surface area contributed by atoms with Gasteiger partial charge in [-0.05, 0) is 18.4 Å². The molecule has 17 heavy (non-hydrogen) atoms. The second-order valence-corrected chi connectivity index (χ2v) is 3.65. The molecule has 5 nitrogen and oxygen atoms in total. The van der Waals surface area contributed by atoms with E-state index in [1.807, 2.05) is 30.3 Å². The summed E-state index contributed by atoms with van der Waals surface area (Å²) in [5.74, 6) is -0.814. The Bertz CT molecular complexity index is 365. The summed E-state index contributed by atoms with van der Waals surface area (Å²) in [4.78, 5) is 21.9. The Hall–Kier alpha value is -1.88. The van der Waals surface area contributed by atoms with Gasteiger partial charge in [0.05, 0.1) is 6.54 Å². The Morgan fingerprint density at radius 1 is 1.12 bits per heavy atom. The van der Waals surface area contributed by atoms with Gasteiger partial charge in [-0.1, -0.05) is 30.3 Å². The van der Waals surface area contributed by atoms with Crippen LogP contribution < -0.4 is 10.8 Å². The van der Waals surface area contributed by atoms with Gasteiger partial charge in [0.2, 0.25) is 5.91 Å². The Kier molecular flexibility index (Phi) is 5.74. The molecule has 3 N–H and O–H groups in total. The molecule has 0 radical (unpaired) electrons. The third kappa shape index (κ3) is 5.67. The highest BCUT2D eigenvalue weighted by Crippen LogP contribution is 2.04. The van der Waals surface area contributed by atoms with Crippen molar-refractivity contribution in [2.24, 2.45) is 0 Å². The molecular weight excluding hydrogens is 220 g/mol. The largest absolute Gasteiger partial charge is 0.347 e. The van der Waals surface area contributed by atoms with Crippen molar-refractivity contribution in [3.63, 3.8) is 0 Å². The molecule has 92 valence electrons. The lowest BCUT2D eigenvalue weighted by atomic mass is 10.1. The highest BCUT2D eigenvalue weighted by molar-refractivity contribution is 5.83. The normalized spacial score (nSPS) is 9.71. The molecule has 0 bridgehead atoms. The minimum atomic E-state index is -0.624. The van der Waals surface area contributed by atoms with Crippen LogP contribution in [-0.4, -0.2) is 23.6 Å². The predicted molar refractivity (Wildman–Crippen MR) is 62.3 cm³/mol.